The van der Waals surface area contributed by atoms with Gasteiger partial charge in [-0.25, -0.2) is 9.97 Å². The van der Waals surface area contributed by atoms with Gasteiger partial charge in [0.25, 0.3) is 0 Å². The monoisotopic (exact) mass is 258 g/mol. The summed E-state index contributed by atoms with van der Waals surface area (Å²) in [5.74, 6) is 0.861. The summed E-state index contributed by atoms with van der Waals surface area (Å²) >= 11 is 1.67. The van der Waals surface area contributed by atoms with E-state index >= 15 is 0 Å². The minimum atomic E-state index is -0.0920. The average molecular weight is 258 g/mol. The number of benzene rings is 1. The summed E-state index contributed by atoms with van der Waals surface area (Å²) in [4.78, 5) is 8.53. The summed E-state index contributed by atoms with van der Waals surface area (Å²) in [5, 5.41) is 13.9. The van der Waals surface area contributed by atoms with Crippen molar-refractivity contribution < 1.29 is 0 Å². The third-order valence-corrected chi connectivity index (χ3v) is 3.69. The molecule has 5 heteroatoms. The van der Waals surface area contributed by atoms with Crippen LogP contribution in [0.5, 0.6) is 0 Å². The molecule has 1 aromatic heterocycles. The van der Waals surface area contributed by atoms with Gasteiger partial charge in [0.05, 0.1) is 17.6 Å². The summed E-state index contributed by atoms with van der Waals surface area (Å²) in [6.07, 6.45) is 2.39. The van der Waals surface area contributed by atoms with Crippen LogP contribution in [0, 0.1) is 11.3 Å². The first-order valence-electron chi connectivity index (χ1n) is 5.74. The number of nitrogens with one attached hydrogen (secondary N) is 1. The molecule has 2 rings (SSSR count). The Bertz CT molecular complexity index is 559. The second kappa shape index (κ2) is 6.34. The third kappa shape index (κ3) is 2.97. The third-order valence-electron chi connectivity index (χ3n) is 2.66. The molecule has 1 heterocycles. The van der Waals surface area contributed by atoms with Gasteiger partial charge in [0, 0.05) is 11.1 Å². The van der Waals surface area contributed by atoms with E-state index in [0.717, 1.165) is 28.1 Å². The van der Waals surface area contributed by atoms with E-state index in [-0.39, 0.29) is 6.04 Å². The molecule has 1 aromatic carbocycles. The van der Waals surface area contributed by atoms with Crippen LogP contribution >= 0.6 is 11.8 Å². The number of para-hydroxylation sites is 1. The fourth-order valence-corrected chi connectivity index (χ4v) is 2.64. The quantitative estimate of drug-likeness (QED) is 0.658. The Morgan fingerprint density at radius 2 is 2.22 bits per heavy atom. The molecule has 0 saturated carbocycles. The molecular weight excluding hydrogens is 244 g/mol. The van der Waals surface area contributed by atoms with Gasteiger partial charge in [0.15, 0.2) is 0 Å². The Balaban J connectivity index is 2.06. The number of fused-ring (bicyclic) bond motifs is 1. The van der Waals surface area contributed by atoms with Crippen LogP contribution in [0.4, 0.5) is 0 Å². The van der Waals surface area contributed by atoms with Crippen molar-refractivity contribution in [1.82, 2.24) is 15.3 Å². The number of aromatic nitrogens is 2. The SMILES string of the molecule is CNC(C#N)CCSc1ncnc2ccccc12. The molecule has 92 valence electrons. The van der Waals surface area contributed by atoms with E-state index in [1.807, 2.05) is 24.3 Å². The van der Waals surface area contributed by atoms with Gasteiger partial charge in [-0.05, 0) is 19.5 Å². The van der Waals surface area contributed by atoms with Gasteiger partial charge in [-0.3, -0.25) is 0 Å². The van der Waals surface area contributed by atoms with Crippen LogP contribution in [0.15, 0.2) is 35.6 Å². The molecule has 0 fully saturated rings. The van der Waals surface area contributed by atoms with Crippen molar-refractivity contribution in [2.24, 2.45) is 0 Å². The van der Waals surface area contributed by atoms with Crippen LogP contribution in [0.1, 0.15) is 6.42 Å². The van der Waals surface area contributed by atoms with Gasteiger partial charge in [-0.2, -0.15) is 5.26 Å². The van der Waals surface area contributed by atoms with Crippen LogP contribution < -0.4 is 5.32 Å². The van der Waals surface area contributed by atoms with Crippen molar-refractivity contribution in [3.8, 4) is 6.07 Å². The second-order valence-electron chi connectivity index (χ2n) is 3.80. The summed E-state index contributed by atoms with van der Waals surface area (Å²) < 4.78 is 0. The van der Waals surface area contributed by atoms with Crippen LogP contribution in [0.2, 0.25) is 0 Å². The molecule has 1 unspecified atom stereocenters. The molecule has 18 heavy (non-hydrogen) atoms. The number of hydrogen-bond acceptors (Lipinski definition) is 5. The van der Waals surface area contributed by atoms with E-state index in [2.05, 4.69) is 21.4 Å². The summed E-state index contributed by atoms with van der Waals surface area (Å²) in [7, 11) is 1.80. The lowest BCUT2D eigenvalue weighted by molar-refractivity contribution is 0.663. The topological polar surface area (TPSA) is 61.6 Å². The van der Waals surface area contributed by atoms with Crippen LogP contribution in [0.3, 0.4) is 0 Å². The highest BCUT2D eigenvalue weighted by molar-refractivity contribution is 7.99. The van der Waals surface area contributed by atoms with Crippen molar-refractivity contribution in [3.05, 3.63) is 30.6 Å². The van der Waals surface area contributed by atoms with Gasteiger partial charge in [-0.1, -0.05) is 18.2 Å². The number of nitrogens with zero attached hydrogens (tertiary/aromatic N) is 3. The molecule has 1 atom stereocenters. The predicted octanol–water partition coefficient (Wildman–Crippen LogP) is 2.22. The van der Waals surface area contributed by atoms with E-state index in [9.17, 15) is 0 Å². The minimum absolute atomic E-state index is 0.0920. The molecule has 0 bridgehead atoms. The maximum absolute atomic E-state index is 8.85. The molecule has 2 aromatic rings. The van der Waals surface area contributed by atoms with E-state index < -0.39 is 0 Å². The molecule has 0 aliphatic carbocycles. The first kappa shape index (κ1) is 12.8. The fraction of sp³-hybridized carbons (Fsp3) is 0.308. The van der Waals surface area contributed by atoms with Crippen LogP contribution in [-0.4, -0.2) is 28.8 Å². The Hall–Kier alpha value is -1.64. The van der Waals surface area contributed by atoms with E-state index in [1.165, 1.54) is 0 Å². The summed E-state index contributed by atoms with van der Waals surface area (Å²) in [6.45, 7) is 0. The molecule has 0 saturated heterocycles. The van der Waals surface area contributed by atoms with Crippen molar-refractivity contribution in [1.29, 1.82) is 5.26 Å². The Morgan fingerprint density at radius 3 is 3.00 bits per heavy atom. The highest BCUT2D eigenvalue weighted by atomic mass is 32.2. The van der Waals surface area contributed by atoms with Gasteiger partial charge < -0.3 is 5.32 Å². The molecule has 0 aliphatic rings. The van der Waals surface area contributed by atoms with Crippen molar-refractivity contribution in [3.63, 3.8) is 0 Å². The molecule has 0 radical (unpaired) electrons. The molecule has 0 aliphatic heterocycles. The van der Waals surface area contributed by atoms with Crippen molar-refractivity contribution >= 4 is 22.7 Å². The van der Waals surface area contributed by atoms with Crippen molar-refractivity contribution in [2.75, 3.05) is 12.8 Å². The van der Waals surface area contributed by atoms with E-state index in [0.29, 0.717) is 0 Å². The zero-order valence-electron chi connectivity index (χ0n) is 10.1. The van der Waals surface area contributed by atoms with Gasteiger partial charge in [0.2, 0.25) is 0 Å². The first-order valence-corrected chi connectivity index (χ1v) is 6.73. The standard InChI is InChI=1S/C13H14N4S/c1-15-10(8-14)6-7-18-13-11-4-2-3-5-12(11)16-9-17-13/h2-5,9-10,15H,6-7H2,1H3. The predicted molar refractivity (Wildman–Crippen MR) is 73.3 cm³/mol. The number of rotatable bonds is 5. The number of thioether (sulfide) groups is 1. The molecule has 0 amide bonds. The highest BCUT2D eigenvalue weighted by Crippen LogP contribution is 2.24. The van der Waals surface area contributed by atoms with Gasteiger partial charge in [-0.15, -0.1) is 11.8 Å². The lowest BCUT2D eigenvalue weighted by Crippen LogP contribution is -2.23. The molecule has 4 nitrogen and oxygen atoms in total. The zero-order chi connectivity index (χ0) is 12.8. The van der Waals surface area contributed by atoms with Crippen LogP contribution in [-0.2, 0) is 0 Å². The Labute approximate surface area is 110 Å². The lowest BCUT2D eigenvalue weighted by atomic mass is 10.2. The second-order valence-corrected chi connectivity index (χ2v) is 4.89. The minimum Gasteiger partial charge on any atom is -0.305 e. The highest BCUT2D eigenvalue weighted by Gasteiger charge is 2.06. The summed E-state index contributed by atoms with van der Waals surface area (Å²) in [6, 6.07) is 10.1. The largest absolute Gasteiger partial charge is 0.305 e. The Kier molecular flexibility index (Phi) is 4.51. The van der Waals surface area contributed by atoms with Crippen LogP contribution in [0.25, 0.3) is 10.9 Å². The van der Waals surface area contributed by atoms with E-state index in [1.54, 1.807) is 25.1 Å². The Morgan fingerprint density at radius 1 is 1.39 bits per heavy atom. The van der Waals surface area contributed by atoms with Gasteiger partial charge >= 0.3 is 0 Å². The first-order chi connectivity index (χ1) is 8.85. The summed E-state index contributed by atoms with van der Waals surface area (Å²) in [5.41, 5.74) is 0.959. The van der Waals surface area contributed by atoms with E-state index in [4.69, 9.17) is 5.26 Å². The number of nitriles is 1. The van der Waals surface area contributed by atoms with Gasteiger partial charge in [0.1, 0.15) is 11.4 Å². The number of hydrogen-bond donors (Lipinski definition) is 1. The van der Waals surface area contributed by atoms with Crippen molar-refractivity contribution in [2.45, 2.75) is 17.5 Å². The normalized spacial score (nSPS) is 12.2. The average Bonchev–Trinajstić information content (AvgIpc) is 2.44. The maximum Gasteiger partial charge on any atom is 0.117 e. The molecule has 1 N–H and O–H groups in total. The zero-order valence-corrected chi connectivity index (χ0v) is 10.9. The molecule has 0 spiro atoms. The maximum atomic E-state index is 8.85. The fourth-order valence-electron chi connectivity index (χ4n) is 1.64. The lowest BCUT2D eigenvalue weighted by Gasteiger charge is -2.07. The smallest absolute Gasteiger partial charge is 0.117 e. The molecular formula is C13H14N4S.